The van der Waals surface area contributed by atoms with Gasteiger partial charge in [-0.15, -0.1) is 0 Å². The highest BCUT2D eigenvalue weighted by Crippen LogP contribution is 2.22. The summed E-state index contributed by atoms with van der Waals surface area (Å²) in [5.74, 6) is 0. The fraction of sp³-hybridized carbons (Fsp3) is 0. The van der Waals surface area contributed by atoms with Crippen molar-refractivity contribution in [3.63, 3.8) is 0 Å². The van der Waals surface area contributed by atoms with Crippen LogP contribution in [-0.2, 0) is 0 Å². The Bertz CT molecular complexity index is 591. The van der Waals surface area contributed by atoms with Crippen LogP contribution in [0.5, 0.6) is 0 Å². The van der Waals surface area contributed by atoms with E-state index in [-0.39, 0.29) is 0 Å². The van der Waals surface area contributed by atoms with Crippen LogP contribution in [0, 0.1) is 0 Å². The predicted octanol–water partition coefficient (Wildman–Crippen LogP) is 4.90. The van der Waals surface area contributed by atoms with Gasteiger partial charge in [-0.2, -0.15) is 9.98 Å². The number of rotatable bonds is 4. The summed E-state index contributed by atoms with van der Waals surface area (Å²) in [6.07, 6.45) is 0. The number of hydrogen-bond donors (Lipinski definition) is 1. The van der Waals surface area contributed by atoms with Crippen molar-refractivity contribution in [2.45, 2.75) is 0 Å². The highest BCUT2D eigenvalue weighted by Gasteiger charge is 1.95. The Kier molecular flexibility index (Phi) is 4.67. The maximum atomic E-state index is 4.55. The van der Waals surface area contributed by atoms with Gasteiger partial charge in [0.15, 0.2) is 0 Å². The molecule has 0 aliphatic rings. The fourth-order valence-corrected chi connectivity index (χ4v) is 1.72. The summed E-state index contributed by atoms with van der Waals surface area (Å²) in [6, 6.07) is 15.2. The van der Waals surface area contributed by atoms with Crippen molar-refractivity contribution in [2.24, 2.45) is 9.98 Å². The Balaban J connectivity index is 2.11. The molecule has 0 saturated heterocycles. The molecule has 0 radical (unpaired) electrons. The average molecular weight is 283 g/mol. The normalized spacial score (nSPS) is 9.05. The molecule has 0 aliphatic carbocycles. The van der Waals surface area contributed by atoms with Crippen molar-refractivity contribution < 1.29 is 0 Å². The molecule has 0 fully saturated rings. The molecule has 5 heteroatoms. The lowest BCUT2D eigenvalue weighted by Crippen LogP contribution is -1.88. The molecule has 3 nitrogen and oxygen atoms in total. The summed E-state index contributed by atoms with van der Waals surface area (Å²) in [7, 11) is 0. The van der Waals surface area contributed by atoms with E-state index in [0.717, 1.165) is 22.7 Å². The minimum absolute atomic E-state index is 0.784. The van der Waals surface area contributed by atoms with Crippen molar-refractivity contribution in [3.05, 3.63) is 48.5 Å². The summed E-state index contributed by atoms with van der Waals surface area (Å²) in [6.45, 7) is 0. The first kappa shape index (κ1) is 13.3. The zero-order valence-corrected chi connectivity index (χ0v) is 11.5. The Hall–Kier alpha value is -2.16. The number of thiocarbonyl (C=S) groups is 2. The van der Waals surface area contributed by atoms with Crippen LogP contribution < -0.4 is 5.32 Å². The van der Waals surface area contributed by atoms with Gasteiger partial charge in [-0.3, -0.25) is 0 Å². The Morgan fingerprint density at radius 3 is 1.37 bits per heavy atom. The molecule has 19 heavy (non-hydrogen) atoms. The zero-order valence-electron chi connectivity index (χ0n) is 9.83. The van der Waals surface area contributed by atoms with E-state index in [9.17, 15) is 0 Å². The van der Waals surface area contributed by atoms with Crippen LogP contribution in [0.3, 0.4) is 0 Å². The Morgan fingerprint density at radius 2 is 1.05 bits per heavy atom. The molecule has 0 aromatic heterocycles. The highest BCUT2D eigenvalue weighted by atomic mass is 32.1. The van der Waals surface area contributed by atoms with E-state index in [0.29, 0.717) is 0 Å². The summed E-state index contributed by atoms with van der Waals surface area (Å²) in [5.41, 5.74) is 3.50. The van der Waals surface area contributed by atoms with Gasteiger partial charge < -0.3 is 5.32 Å². The Labute approximate surface area is 121 Å². The lowest BCUT2D eigenvalue weighted by molar-refractivity contribution is 1.49. The lowest BCUT2D eigenvalue weighted by atomic mass is 10.2. The molecule has 0 aliphatic heterocycles. The molecule has 0 spiro atoms. The second-order valence-corrected chi connectivity index (χ2v) is 3.99. The lowest BCUT2D eigenvalue weighted by Gasteiger charge is -2.06. The van der Waals surface area contributed by atoms with E-state index in [4.69, 9.17) is 0 Å². The van der Waals surface area contributed by atoms with Crippen molar-refractivity contribution >= 4 is 57.5 Å². The van der Waals surface area contributed by atoms with Crippen molar-refractivity contribution in [3.8, 4) is 0 Å². The third-order valence-corrected chi connectivity index (χ3v) is 2.56. The van der Waals surface area contributed by atoms with E-state index in [1.165, 1.54) is 0 Å². The average Bonchev–Trinajstić information content (AvgIpc) is 2.44. The van der Waals surface area contributed by atoms with Crippen LogP contribution in [0.15, 0.2) is 58.5 Å². The van der Waals surface area contributed by atoms with E-state index in [1.807, 2.05) is 48.5 Å². The van der Waals surface area contributed by atoms with Gasteiger partial charge in [0.2, 0.25) is 0 Å². The molecule has 0 atom stereocenters. The summed E-state index contributed by atoms with van der Waals surface area (Å²) in [4.78, 5) is 7.79. The second-order valence-electron chi connectivity index (χ2n) is 3.62. The third kappa shape index (κ3) is 3.91. The molecule has 2 rings (SSSR count). The topological polar surface area (TPSA) is 36.8 Å². The second kappa shape index (κ2) is 6.69. The van der Waals surface area contributed by atoms with Crippen molar-refractivity contribution in [1.29, 1.82) is 0 Å². The van der Waals surface area contributed by atoms with E-state index in [2.05, 4.69) is 50.1 Å². The number of isothiocyanates is 2. The van der Waals surface area contributed by atoms with Crippen LogP contribution in [-0.4, -0.2) is 10.3 Å². The maximum absolute atomic E-state index is 4.55. The molecule has 0 heterocycles. The number of hydrogen-bond acceptors (Lipinski definition) is 5. The first-order chi connectivity index (χ1) is 9.31. The van der Waals surface area contributed by atoms with E-state index < -0.39 is 0 Å². The number of aliphatic imine (C=N–C) groups is 2. The SMILES string of the molecule is S=C=Nc1ccc(Nc2ccc(N=C=S)cc2)cc1. The molecule has 92 valence electrons. The smallest absolute Gasteiger partial charge is 0.0741 e. The van der Waals surface area contributed by atoms with Crippen molar-refractivity contribution in [1.82, 2.24) is 0 Å². The van der Waals surface area contributed by atoms with E-state index >= 15 is 0 Å². The molecule has 0 amide bonds. The van der Waals surface area contributed by atoms with Crippen LogP contribution in [0.1, 0.15) is 0 Å². The van der Waals surface area contributed by atoms with Gasteiger partial charge in [-0.05, 0) is 73.0 Å². The maximum Gasteiger partial charge on any atom is 0.0741 e. The van der Waals surface area contributed by atoms with Crippen LogP contribution >= 0.6 is 24.4 Å². The summed E-state index contributed by atoms with van der Waals surface area (Å²) in [5, 5.41) is 7.94. The van der Waals surface area contributed by atoms with Gasteiger partial charge >= 0.3 is 0 Å². The Morgan fingerprint density at radius 1 is 0.684 bits per heavy atom. The molecule has 0 unspecified atom stereocenters. The minimum Gasteiger partial charge on any atom is -0.356 e. The van der Waals surface area contributed by atoms with Gasteiger partial charge in [0.1, 0.15) is 0 Å². The number of nitrogens with zero attached hydrogens (tertiary/aromatic N) is 2. The molecule has 0 bridgehead atoms. The number of nitrogens with one attached hydrogen (secondary N) is 1. The summed E-state index contributed by atoms with van der Waals surface area (Å²) >= 11 is 9.10. The summed E-state index contributed by atoms with van der Waals surface area (Å²) < 4.78 is 0. The third-order valence-electron chi connectivity index (χ3n) is 2.37. The number of anilines is 2. The minimum atomic E-state index is 0.784. The largest absolute Gasteiger partial charge is 0.356 e. The molecular weight excluding hydrogens is 274 g/mol. The van der Waals surface area contributed by atoms with Gasteiger partial charge in [-0.25, -0.2) is 0 Å². The van der Waals surface area contributed by atoms with Crippen LogP contribution in [0.25, 0.3) is 0 Å². The van der Waals surface area contributed by atoms with Crippen LogP contribution in [0.4, 0.5) is 22.7 Å². The monoisotopic (exact) mass is 283 g/mol. The standard InChI is InChI=1S/C14H9N3S2/c18-9-15-11-1-5-13(6-2-11)17-14-7-3-12(4-8-14)16-10-19/h1-8,17H. The van der Waals surface area contributed by atoms with Crippen LogP contribution in [0.2, 0.25) is 0 Å². The number of benzene rings is 2. The molecule has 1 N–H and O–H groups in total. The van der Waals surface area contributed by atoms with E-state index in [1.54, 1.807) is 0 Å². The molecule has 0 saturated carbocycles. The molecule has 2 aromatic carbocycles. The fourth-order valence-electron chi connectivity index (χ4n) is 1.51. The van der Waals surface area contributed by atoms with Gasteiger partial charge in [0, 0.05) is 11.4 Å². The first-order valence-electron chi connectivity index (χ1n) is 5.45. The van der Waals surface area contributed by atoms with Gasteiger partial charge in [-0.1, -0.05) is 0 Å². The highest BCUT2D eigenvalue weighted by molar-refractivity contribution is 7.78. The van der Waals surface area contributed by atoms with Gasteiger partial charge in [0.05, 0.1) is 21.7 Å². The van der Waals surface area contributed by atoms with Crippen molar-refractivity contribution in [2.75, 3.05) is 5.32 Å². The quantitative estimate of drug-likeness (QED) is 0.640. The molecular formula is C14H9N3S2. The zero-order chi connectivity index (χ0) is 13.5. The first-order valence-corrected chi connectivity index (χ1v) is 6.26. The van der Waals surface area contributed by atoms with Gasteiger partial charge in [0.25, 0.3) is 0 Å². The molecule has 2 aromatic rings. The predicted molar refractivity (Wildman–Crippen MR) is 85.5 cm³/mol.